The van der Waals surface area contributed by atoms with Gasteiger partial charge in [0.2, 0.25) is 15.9 Å². The van der Waals surface area contributed by atoms with Crippen LogP contribution in [0.2, 0.25) is 0 Å². The molecule has 0 aliphatic heterocycles. The summed E-state index contributed by atoms with van der Waals surface area (Å²) in [7, 11) is 2.07. The molecule has 0 unspecified atom stereocenters. The molecule has 28 heavy (non-hydrogen) atoms. The first-order chi connectivity index (χ1) is 12.7. The van der Waals surface area contributed by atoms with Gasteiger partial charge in [-0.1, -0.05) is 12.8 Å². The number of carbonyl (C=O) groups excluding carboxylic acids is 1. The Balaban J connectivity index is 0.00000729. The summed E-state index contributed by atoms with van der Waals surface area (Å²) < 4.78 is 24.9. The Hall–Kier alpha value is -0.620. The van der Waals surface area contributed by atoms with Gasteiger partial charge < -0.3 is 15.5 Å². The van der Waals surface area contributed by atoms with Crippen molar-refractivity contribution in [3.05, 3.63) is 0 Å². The predicted octanol–water partition coefficient (Wildman–Crippen LogP) is 1.48. The van der Waals surface area contributed by atoms with Gasteiger partial charge in [0, 0.05) is 40.8 Å². The van der Waals surface area contributed by atoms with Crippen LogP contribution in [0.25, 0.3) is 0 Å². The van der Waals surface area contributed by atoms with E-state index in [4.69, 9.17) is 0 Å². The summed E-state index contributed by atoms with van der Waals surface area (Å²) in [6.07, 6.45) is 4.58. The molecular formula is C18H38IN5O3S. The zero-order valence-electron chi connectivity index (χ0n) is 18.0. The van der Waals surface area contributed by atoms with Gasteiger partial charge in [-0.05, 0) is 33.1 Å². The number of sulfonamides is 1. The first kappa shape index (κ1) is 27.4. The average Bonchev–Trinajstić information content (AvgIpc) is 3.12. The summed E-state index contributed by atoms with van der Waals surface area (Å²) in [4.78, 5) is 19.0. The quantitative estimate of drug-likeness (QED) is 0.193. The number of carbonyl (C=O) groups is 1. The van der Waals surface area contributed by atoms with Crippen molar-refractivity contribution < 1.29 is 13.2 Å². The van der Waals surface area contributed by atoms with Gasteiger partial charge in [0.1, 0.15) is 0 Å². The molecule has 0 aromatic rings. The van der Waals surface area contributed by atoms with E-state index in [9.17, 15) is 13.2 Å². The molecule has 166 valence electrons. The zero-order chi connectivity index (χ0) is 20.5. The van der Waals surface area contributed by atoms with Crippen LogP contribution in [0.1, 0.15) is 46.0 Å². The Bertz CT molecular complexity index is 604. The van der Waals surface area contributed by atoms with Gasteiger partial charge in [-0.2, -0.15) is 0 Å². The third-order valence-corrected chi connectivity index (χ3v) is 6.95. The lowest BCUT2D eigenvalue weighted by atomic mass is 9.85. The third kappa shape index (κ3) is 8.02. The van der Waals surface area contributed by atoms with Crippen LogP contribution in [-0.2, 0) is 14.8 Å². The Labute approximate surface area is 188 Å². The number of hydrogen-bond donors (Lipinski definition) is 2. The molecule has 1 fully saturated rings. The SMILES string of the molecule is CCNC(=NCC1(C(=O)N(C)C)CCCC1)NCCCN(C)S(=O)(=O)CC.I. The molecule has 0 bridgehead atoms. The van der Waals surface area contributed by atoms with Crippen LogP contribution in [0.3, 0.4) is 0 Å². The summed E-state index contributed by atoms with van der Waals surface area (Å²) in [6.45, 7) is 5.92. The molecule has 0 saturated heterocycles. The zero-order valence-corrected chi connectivity index (χ0v) is 21.1. The number of nitrogens with one attached hydrogen (secondary N) is 2. The van der Waals surface area contributed by atoms with Crippen molar-refractivity contribution in [1.82, 2.24) is 19.8 Å². The minimum absolute atomic E-state index is 0. The fourth-order valence-corrected chi connectivity index (χ4v) is 4.25. The van der Waals surface area contributed by atoms with E-state index in [1.807, 2.05) is 6.92 Å². The van der Waals surface area contributed by atoms with E-state index in [1.54, 1.807) is 33.0 Å². The molecule has 1 saturated carbocycles. The molecule has 0 aromatic heterocycles. The first-order valence-corrected chi connectivity index (χ1v) is 11.5. The number of hydrogen-bond acceptors (Lipinski definition) is 4. The van der Waals surface area contributed by atoms with Crippen LogP contribution in [0.5, 0.6) is 0 Å². The Kier molecular flexibility index (Phi) is 12.6. The van der Waals surface area contributed by atoms with Crippen LogP contribution in [0.4, 0.5) is 0 Å². The molecule has 1 aliphatic rings. The Morgan fingerprint density at radius 3 is 2.21 bits per heavy atom. The Morgan fingerprint density at radius 2 is 1.71 bits per heavy atom. The molecule has 1 aliphatic carbocycles. The Morgan fingerprint density at radius 1 is 1.11 bits per heavy atom. The van der Waals surface area contributed by atoms with Crippen molar-refractivity contribution >= 4 is 45.9 Å². The maximum atomic E-state index is 12.6. The maximum Gasteiger partial charge on any atom is 0.230 e. The van der Waals surface area contributed by atoms with Crippen LogP contribution < -0.4 is 10.6 Å². The number of guanidine groups is 1. The second kappa shape index (κ2) is 12.8. The maximum absolute atomic E-state index is 12.6. The highest BCUT2D eigenvalue weighted by atomic mass is 127. The number of rotatable bonds is 10. The van der Waals surface area contributed by atoms with Crippen LogP contribution in [0, 0.1) is 5.41 Å². The molecule has 1 amide bonds. The van der Waals surface area contributed by atoms with Gasteiger partial charge in [0.05, 0.1) is 17.7 Å². The highest BCUT2D eigenvalue weighted by molar-refractivity contribution is 14.0. The monoisotopic (exact) mass is 531 g/mol. The van der Waals surface area contributed by atoms with E-state index in [2.05, 4.69) is 15.6 Å². The lowest BCUT2D eigenvalue weighted by Crippen LogP contribution is -2.43. The van der Waals surface area contributed by atoms with E-state index in [1.165, 1.54) is 4.31 Å². The van der Waals surface area contributed by atoms with E-state index in [0.29, 0.717) is 32.0 Å². The average molecular weight is 532 g/mol. The van der Waals surface area contributed by atoms with Crippen molar-refractivity contribution in [1.29, 1.82) is 0 Å². The molecule has 2 N–H and O–H groups in total. The number of nitrogens with zero attached hydrogens (tertiary/aromatic N) is 3. The molecule has 8 nitrogen and oxygen atoms in total. The fraction of sp³-hybridized carbons (Fsp3) is 0.889. The fourth-order valence-electron chi connectivity index (χ4n) is 3.41. The lowest BCUT2D eigenvalue weighted by molar-refractivity contribution is -0.138. The largest absolute Gasteiger partial charge is 0.357 e. The van der Waals surface area contributed by atoms with E-state index >= 15 is 0 Å². The normalized spacial score (nSPS) is 16.6. The van der Waals surface area contributed by atoms with E-state index < -0.39 is 10.0 Å². The van der Waals surface area contributed by atoms with Gasteiger partial charge in [0.25, 0.3) is 0 Å². The minimum atomic E-state index is -3.14. The van der Waals surface area contributed by atoms with Crippen LogP contribution in [-0.4, -0.2) is 82.6 Å². The number of amides is 1. The molecule has 1 rings (SSSR count). The summed E-state index contributed by atoms with van der Waals surface area (Å²) in [5.74, 6) is 0.950. The summed E-state index contributed by atoms with van der Waals surface area (Å²) in [6, 6.07) is 0. The van der Waals surface area contributed by atoms with Crippen LogP contribution >= 0.6 is 24.0 Å². The van der Waals surface area contributed by atoms with Crippen molar-refractivity contribution in [2.45, 2.75) is 46.0 Å². The minimum Gasteiger partial charge on any atom is -0.357 e. The van der Waals surface area contributed by atoms with E-state index in [-0.39, 0.29) is 41.1 Å². The molecule has 0 atom stereocenters. The smallest absolute Gasteiger partial charge is 0.230 e. The van der Waals surface area contributed by atoms with Gasteiger partial charge in [0.15, 0.2) is 5.96 Å². The van der Waals surface area contributed by atoms with Crippen molar-refractivity contribution in [2.75, 3.05) is 53.1 Å². The molecule has 0 heterocycles. The van der Waals surface area contributed by atoms with Gasteiger partial charge in [-0.25, -0.2) is 12.7 Å². The first-order valence-electron chi connectivity index (χ1n) is 9.86. The summed E-state index contributed by atoms with van der Waals surface area (Å²) >= 11 is 0. The topological polar surface area (TPSA) is 94.1 Å². The van der Waals surface area contributed by atoms with Crippen LogP contribution in [0.15, 0.2) is 4.99 Å². The molecule has 0 radical (unpaired) electrons. The standard InChI is InChI=1S/C18H37N5O3S.HI/c1-6-19-17(20-13-10-14-23(5)27(25,26)7-2)21-15-18(11-8-9-12-18)16(24)22(3)4;/h6-15H2,1-5H3,(H2,19,20,21);1H. The van der Waals surface area contributed by atoms with Gasteiger partial charge in [-0.3, -0.25) is 9.79 Å². The van der Waals surface area contributed by atoms with Crippen molar-refractivity contribution in [3.63, 3.8) is 0 Å². The van der Waals surface area contributed by atoms with Crippen molar-refractivity contribution in [3.8, 4) is 0 Å². The molecule has 0 spiro atoms. The molecule has 10 heteroatoms. The van der Waals surface area contributed by atoms with Gasteiger partial charge >= 0.3 is 0 Å². The summed E-state index contributed by atoms with van der Waals surface area (Å²) in [5.41, 5.74) is -0.388. The lowest BCUT2D eigenvalue weighted by Gasteiger charge is -2.29. The second-order valence-electron chi connectivity index (χ2n) is 7.38. The molecule has 0 aromatic carbocycles. The van der Waals surface area contributed by atoms with E-state index in [0.717, 1.165) is 32.2 Å². The highest BCUT2D eigenvalue weighted by Gasteiger charge is 2.42. The number of halogens is 1. The van der Waals surface area contributed by atoms with Gasteiger partial charge in [-0.15, -0.1) is 24.0 Å². The third-order valence-electron chi connectivity index (χ3n) is 5.09. The number of aliphatic imine (C=N–C) groups is 1. The van der Waals surface area contributed by atoms with Crippen molar-refractivity contribution in [2.24, 2.45) is 10.4 Å². The second-order valence-corrected chi connectivity index (χ2v) is 9.75. The highest BCUT2D eigenvalue weighted by Crippen LogP contribution is 2.39. The molecular weight excluding hydrogens is 493 g/mol. The predicted molar refractivity (Wildman–Crippen MR) is 126 cm³/mol. The summed E-state index contributed by atoms with van der Waals surface area (Å²) in [5, 5.41) is 6.45.